The van der Waals surface area contributed by atoms with Crippen LogP contribution in [0.2, 0.25) is 5.02 Å². The molecule has 110 valence electrons. The molecule has 1 aliphatic heterocycles. The number of nitrogens with one attached hydrogen (secondary N) is 1. The van der Waals surface area contributed by atoms with E-state index in [-0.39, 0.29) is 5.91 Å². The fourth-order valence-corrected chi connectivity index (χ4v) is 2.65. The van der Waals surface area contributed by atoms with Crippen LogP contribution in [-0.4, -0.2) is 42.0 Å². The van der Waals surface area contributed by atoms with Crippen molar-refractivity contribution in [2.75, 3.05) is 26.2 Å². The first-order valence-corrected chi connectivity index (χ1v) is 7.64. The third-order valence-corrected chi connectivity index (χ3v) is 4.13. The van der Waals surface area contributed by atoms with E-state index in [4.69, 9.17) is 11.6 Å². The number of pyridine rings is 1. The van der Waals surface area contributed by atoms with Crippen LogP contribution >= 0.6 is 11.6 Å². The zero-order valence-electron chi connectivity index (χ0n) is 11.9. The van der Waals surface area contributed by atoms with Crippen molar-refractivity contribution in [2.24, 2.45) is 5.92 Å². The Labute approximate surface area is 125 Å². The highest BCUT2D eigenvalue weighted by atomic mass is 35.5. The van der Waals surface area contributed by atoms with Crippen LogP contribution in [0.1, 0.15) is 36.5 Å². The summed E-state index contributed by atoms with van der Waals surface area (Å²) in [4.78, 5) is 18.3. The smallest absolute Gasteiger partial charge is 0.252 e. The van der Waals surface area contributed by atoms with Crippen molar-refractivity contribution in [3.05, 3.63) is 29.0 Å². The molecule has 1 aromatic heterocycles. The fourth-order valence-electron chi connectivity index (χ4n) is 2.44. The maximum absolute atomic E-state index is 11.9. The minimum Gasteiger partial charge on any atom is -0.352 e. The molecule has 1 amide bonds. The van der Waals surface area contributed by atoms with Gasteiger partial charge < -0.3 is 10.2 Å². The number of aromatic nitrogens is 1. The van der Waals surface area contributed by atoms with Gasteiger partial charge in [-0.25, -0.2) is 0 Å². The number of nitrogens with zero attached hydrogens (tertiary/aromatic N) is 2. The Morgan fingerprint density at radius 2 is 2.25 bits per heavy atom. The lowest BCUT2D eigenvalue weighted by Crippen LogP contribution is -2.35. The molecule has 1 aromatic rings. The molecule has 1 saturated heterocycles. The SMILES string of the molecule is CC1CCN(CCCNC(=O)c2ccncc2Cl)CC1. The molecular formula is C15H22ClN3O. The highest BCUT2D eigenvalue weighted by molar-refractivity contribution is 6.33. The number of carbonyl (C=O) groups is 1. The van der Waals surface area contributed by atoms with Crippen molar-refractivity contribution in [3.8, 4) is 0 Å². The predicted octanol–water partition coefficient (Wildman–Crippen LogP) is 2.59. The van der Waals surface area contributed by atoms with Gasteiger partial charge in [-0.1, -0.05) is 18.5 Å². The molecule has 2 heterocycles. The largest absolute Gasteiger partial charge is 0.352 e. The highest BCUT2D eigenvalue weighted by Crippen LogP contribution is 2.16. The first kappa shape index (κ1) is 15.3. The van der Waals surface area contributed by atoms with E-state index in [9.17, 15) is 4.79 Å². The van der Waals surface area contributed by atoms with Gasteiger partial charge in [-0.3, -0.25) is 9.78 Å². The van der Waals surface area contributed by atoms with Crippen LogP contribution in [0.25, 0.3) is 0 Å². The Morgan fingerprint density at radius 3 is 2.95 bits per heavy atom. The molecule has 2 rings (SSSR count). The second-order valence-electron chi connectivity index (χ2n) is 5.49. The van der Waals surface area contributed by atoms with Crippen LogP contribution in [0.15, 0.2) is 18.5 Å². The van der Waals surface area contributed by atoms with E-state index in [1.807, 2.05) is 0 Å². The molecule has 0 atom stereocenters. The maximum atomic E-state index is 11.9. The van der Waals surface area contributed by atoms with E-state index < -0.39 is 0 Å². The van der Waals surface area contributed by atoms with Gasteiger partial charge in [0, 0.05) is 18.9 Å². The van der Waals surface area contributed by atoms with Crippen LogP contribution in [0.5, 0.6) is 0 Å². The molecule has 0 aromatic carbocycles. The van der Waals surface area contributed by atoms with Gasteiger partial charge in [-0.15, -0.1) is 0 Å². The van der Waals surface area contributed by atoms with Crippen molar-refractivity contribution in [3.63, 3.8) is 0 Å². The van der Waals surface area contributed by atoms with Gasteiger partial charge in [0.25, 0.3) is 5.91 Å². The zero-order chi connectivity index (χ0) is 14.4. The highest BCUT2D eigenvalue weighted by Gasteiger charge is 2.15. The third kappa shape index (κ3) is 4.46. The van der Waals surface area contributed by atoms with Gasteiger partial charge in [0.15, 0.2) is 0 Å². The molecule has 4 nitrogen and oxygen atoms in total. The average molecular weight is 296 g/mol. The van der Waals surface area contributed by atoms with Crippen LogP contribution in [0, 0.1) is 5.92 Å². The number of halogens is 1. The average Bonchev–Trinajstić information content (AvgIpc) is 2.46. The molecule has 0 saturated carbocycles. The van der Waals surface area contributed by atoms with Crippen LogP contribution in [0.3, 0.4) is 0 Å². The minimum absolute atomic E-state index is 0.121. The summed E-state index contributed by atoms with van der Waals surface area (Å²) >= 11 is 5.94. The molecule has 0 bridgehead atoms. The first-order chi connectivity index (χ1) is 9.66. The Bertz CT molecular complexity index is 444. The molecule has 0 unspecified atom stereocenters. The van der Waals surface area contributed by atoms with E-state index >= 15 is 0 Å². The first-order valence-electron chi connectivity index (χ1n) is 7.27. The van der Waals surface area contributed by atoms with E-state index in [1.54, 1.807) is 12.3 Å². The van der Waals surface area contributed by atoms with Gasteiger partial charge in [-0.05, 0) is 50.9 Å². The number of likely N-dealkylation sites (tertiary alicyclic amines) is 1. The van der Waals surface area contributed by atoms with Gasteiger partial charge in [-0.2, -0.15) is 0 Å². The summed E-state index contributed by atoms with van der Waals surface area (Å²) in [6.45, 7) is 6.42. The number of piperidine rings is 1. The monoisotopic (exact) mass is 295 g/mol. The summed E-state index contributed by atoms with van der Waals surface area (Å²) in [6, 6.07) is 1.64. The third-order valence-electron chi connectivity index (χ3n) is 3.83. The number of carbonyl (C=O) groups excluding carboxylic acids is 1. The molecule has 1 fully saturated rings. The Hall–Kier alpha value is -1.13. The second kappa shape index (κ2) is 7.60. The molecular weight excluding hydrogens is 274 g/mol. The van der Waals surface area contributed by atoms with Crippen molar-refractivity contribution in [2.45, 2.75) is 26.2 Å². The van der Waals surface area contributed by atoms with E-state index in [2.05, 4.69) is 22.1 Å². The molecule has 20 heavy (non-hydrogen) atoms. The van der Waals surface area contributed by atoms with Crippen molar-refractivity contribution < 1.29 is 4.79 Å². The topological polar surface area (TPSA) is 45.2 Å². The molecule has 1 N–H and O–H groups in total. The summed E-state index contributed by atoms with van der Waals surface area (Å²) in [6.07, 6.45) is 6.63. The molecule has 0 aliphatic carbocycles. The number of amides is 1. The van der Waals surface area contributed by atoms with Gasteiger partial charge in [0.1, 0.15) is 0 Å². The lowest BCUT2D eigenvalue weighted by molar-refractivity contribution is 0.0950. The maximum Gasteiger partial charge on any atom is 0.252 e. The Kier molecular flexibility index (Phi) is 5.80. The molecule has 1 aliphatic rings. The Morgan fingerprint density at radius 1 is 1.50 bits per heavy atom. The predicted molar refractivity (Wildman–Crippen MR) is 81.0 cm³/mol. The summed E-state index contributed by atoms with van der Waals surface area (Å²) in [7, 11) is 0. The molecule has 0 spiro atoms. The Balaban J connectivity index is 1.66. The second-order valence-corrected chi connectivity index (χ2v) is 5.90. The van der Waals surface area contributed by atoms with Crippen LogP contribution in [-0.2, 0) is 0 Å². The van der Waals surface area contributed by atoms with E-state index in [0.717, 1.165) is 18.9 Å². The van der Waals surface area contributed by atoms with E-state index in [1.165, 1.54) is 32.1 Å². The molecule has 0 radical (unpaired) electrons. The number of rotatable bonds is 5. The fraction of sp³-hybridized carbons (Fsp3) is 0.600. The quantitative estimate of drug-likeness (QED) is 0.849. The lowest BCUT2D eigenvalue weighted by Gasteiger charge is -2.30. The van der Waals surface area contributed by atoms with Gasteiger partial charge >= 0.3 is 0 Å². The zero-order valence-corrected chi connectivity index (χ0v) is 12.7. The van der Waals surface area contributed by atoms with E-state index in [0.29, 0.717) is 17.1 Å². The summed E-state index contributed by atoms with van der Waals surface area (Å²) < 4.78 is 0. The van der Waals surface area contributed by atoms with Crippen LogP contribution in [0.4, 0.5) is 0 Å². The van der Waals surface area contributed by atoms with Crippen molar-refractivity contribution in [1.29, 1.82) is 0 Å². The minimum atomic E-state index is -0.121. The molecule has 5 heteroatoms. The van der Waals surface area contributed by atoms with Crippen LogP contribution < -0.4 is 5.32 Å². The van der Waals surface area contributed by atoms with Gasteiger partial charge in [0.2, 0.25) is 0 Å². The number of hydrogen-bond acceptors (Lipinski definition) is 3. The van der Waals surface area contributed by atoms with Crippen molar-refractivity contribution in [1.82, 2.24) is 15.2 Å². The van der Waals surface area contributed by atoms with Gasteiger partial charge in [0.05, 0.1) is 10.6 Å². The summed E-state index contributed by atoms with van der Waals surface area (Å²) in [5, 5.41) is 3.31. The normalized spacial score (nSPS) is 17.1. The lowest BCUT2D eigenvalue weighted by atomic mass is 9.99. The number of hydrogen-bond donors (Lipinski definition) is 1. The summed E-state index contributed by atoms with van der Waals surface area (Å²) in [5.41, 5.74) is 0.494. The standard InChI is InChI=1S/C15H22ClN3O/c1-12-4-9-19(10-5-12)8-2-6-18-15(20)13-3-7-17-11-14(13)16/h3,7,11-12H,2,4-6,8-10H2,1H3,(H,18,20). The van der Waals surface area contributed by atoms with Crippen molar-refractivity contribution >= 4 is 17.5 Å². The summed E-state index contributed by atoms with van der Waals surface area (Å²) in [5.74, 6) is 0.740.